The summed E-state index contributed by atoms with van der Waals surface area (Å²) in [7, 11) is 0. The fourth-order valence-electron chi connectivity index (χ4n) is 2.48. The summed E-state index contributed by atoms with van der Waals surface area (Å²) in [6.45, 7) is 2.10. The monoisotopic (exact) mass is 364 g/mol. The largest absolute Gasteiger partial charge is 0.483 e. The number of anilines is 1. The molecule has 0 radical (unpaired) electrons. The van der Waals surface area contributed by atoms with Crippen molar-refractivity contribution in [3.8, 4) is 5.75 Å². The third-order valence-corrected chi connectivity index (χ3v) is 3.86. The number of aryl methyl sites for hydroxylation is 1. The van der Waals surface area contributed by atoms with Crippen molar-refractivity contribution in [2.75, 3.05) is 11.9 Å². The average Bonchev–Trinajstić information content (AvgIpc) is 3.19. The highest BCUT2D eigenvalue weighted by Gasteiger charge is 2.09. The molecule has 138 valence electrons. The van der Waals surface area contributed by atoms with Crippen LogP contribution in [0.1, 0.15) is 21.7 Å². The van der Waals surface area contributed by atoms with Gasteiger partial charge in [0.05, 0.1) is 12.8 Å². The molecule has 0 aliphatic heterocycles. The highest BCUT2D eigenvalue weighted by Crippen LogP contribution is 2.16. The zero-order valence-electron chi connectivity index (χ0n) is 14.9. The van der Waals surface area contributed by atoms with Gasteiger partial charge >= 0.3 is 0 Å². The number of carbonyl (C=O) groups excluding carboxylic acids is 2. The van der Waals surface area contributed by atoms with E-state index >= 15 is 0 Å². The van der Waals surface area contributed by atoms with Crippen molar-refractivity contribution >= 4 is 17.5 Å². The second-order valence-electron chi connectivity index (χ2n) is 5.95. The number of amides is 2. The predicted molar refractivity (Wildman–Crippen MR) is 102 cm³/mol. The van der Waals surface area contributed by atoms with Crippen molar-refractivity contribution in [1.82, 2.24) is 5.32 Å². The second kappa shape index (κ2) is 8.71. The molecule has 2 N–H and O–H groups in total. The summed E-state index contributed by atoms with van der Waals surface area (Å²) in [6.07, 6.45) is 1.55. The smallest absolute Gasteiger partial charge is 0.262 e. The van der Waals surface area contributed by atoms with Crippen molar-refractivity contribution in [1.29, 1.82) is 0 Å². The van der Waals surface area contributed by atoms with Crippen molar-refractivity contribution in [3.63, 3.8) is 0 Å². The lowest BCUT2D eigenvalue weighted by atomic mass is 10.2. The quantitative estimate of drug-likeness (QED) is 0.672. The van der Waals surface area contributed by atoms with Crippen LogP contribution in [0, 0.1) is 6.92 Å². The zero-order valence-corrected chi connectivity index (χ0v) is 14.9. The Morgan fingerprint density at radius 3 is 2.67 bits per heavy atom. The van der Waals surface area contributed by atoms with Gasteiger partial charge in [-0.2, -0.15) is 0 Å². The van der Waals surface area contributed by atoms with Gasteiger partial charge in [-0.15, -0.1) is 0 Å². The summed E-state index contributed by atoms with van der Waals surface area (Å²) in [5, 5.41) is 5.50. The number of hydrogen-bond acceptors (Lipinski definition) is 4. The first-order valence-electron chi connectivity index (χ1n) is 8.51. The van der Waals surface area contributed by atoms with Crippen LogP contribution in [0.5, 0.6) is 5.75 Å². The van der Waals surface area contributed by atoms with Crippen LogP contribution in [0.25, 0.3) is 0 Å². The number of para-hydroxylation sites is 1. The molecule has 0 fully saturated rings. The van der Waals surface area contributed by atoms with Gasteiger partial charge in [0.2, 0.25) is 0 Å². The molecule has 3 rings (SSSR count). The molecule has 2 aromatic carbocycles. The Bertz CT molecular complexity index is 919. The minimum absolute atomic E-state index is 0.111. The molecule has 0 aliphatic carbocycles. The Hall–Kier alpha value is -3.54. The van der Waals surface area contributed by atoms with Crippen LogP contribution >= 0.6 is 0 Å². The molecule has 3 aromatic rings. The van der Waals surface area contributed by atoms with Crippen molar-refractivity contribution in [3.05, 3.63) is 83.8 Å². The molecule has 6 nitrogen and oxygen atoms in total. The molecule has 0 spiro atoms. The maximum atomic E-state index is 12.2. The van der Waals surface area contributed by atoms with Crippen LogP contribution < -0.4 is 15.4 Å². The van der Waals surface area contributed by atoms with E-state index < -0.39 is 0 Å². The van der Waals surface area contributed by atoms with Gasteiger partial charge in [0.15, 0.2) is 6.61 Å². The van der Waals surface area contributed by atoms with Gasteiger partial charge in [0.25, 0.3) is 11.8 Å². The molecule has 2 amide bonds. The molecule has 0 aliphatic rings. The lowest BCUT2D eigenvalue weighted by molar-refractivity contribution is -0.118. The number of rotatable bonds is 7. The van der Waals surface area contributed by atoms with Crippen LogP contribution in [0.4, 0.5) is 5.69 Å². The van der Waals surface area contributed by atoms with E-state index in [1.165, 1.54) is 0 Å². The van der Waals surface area contributed by atoms with E-state index in [0.29, 0.717) is 29.3 Å². The Kier molecular flexibility index (Phi) is 5.89. The summed E-state index contributed by atoms with van der Waals surface area (Å²) >= 11 is 0. The number of carbonyl (C=O) groups is 2. The van der Waals surface area contributed by atoms with E-state index in [0.717, 1.165) is 5.56 Å². The Morgan fingerprint density at radius 2 is 1.89 bits per heavy atom. The fourth-order valence-corrected chi connectivity index (χ4v) is 2.48. The molecule has 27 heavy (non-hydrogen) atoms. The fraction of sp³-hybridized carbons (Fsp3) is 0.143. The molecule has 0 unspecified atom stereocenters. The van der Waals surface area contributed by atoms with Gasteiger partial charge in [-0.3, -0.25) is 9.59 Å². The summed E-state index contributed by atoms with van der Waals surface area (Å²) in [4.78, 5) is 24.3. The van der Waals surface area contributed by atoms with E-state index in [1.807, 2.05) is 31.2 Å². The highest BCUT2D eigenvalue weighted by atomic mass is 16.5. The molecule has 1 aromatic heterocycles. The van der Waals surface area contributed by atoms with Gasteiger partial charge in [0.1, 0.15) is 11.5 Å². The standard InChI is InChI=1S/C21H20N2O4/c1-15-6-2-3-10-19(15)27-14-20(24)23-17-8-4-7-16(12-17)21(25)22-13-18-9-5-11-26-18/h2-12H,13-14H2,1H3,(H,22,25)(H,23,24). The molecule has 0 atom stereocenters. The predicted octanol–water partition coefficient (Wildman–Crippen LogP) is 3.54. The van der Waals surface area contributed by atoms with Crippen molar-refractivity contribution in [2.45, 2.75) is 13.5 Å². The van der Waals surface area contributed by atoms with E-state index in [1.54, 1.807) is 42.7 Å². The first-order chi connectivity index (χ1) is 13.1. The van der Waals surface area contributed by atoms with Gasteiger partial charge in [0, 0.05) is 11.3 Å². The lowest BCUT2D eigenvalue weighted by Crippen LogP contribution is -2.23. The lowest BCUT2D eigenvalue weighted by Gasteiger charge is -2.10. The number of nitrogens with one attached hydrogen (secondary N) is 2. The van der Waals surface area contributed by atoms with Crippen molar-refractivity contribution < 1.29 is 18.7 Å². The number of furan rings is 1. The van der Waals surface area contributed by atoms with E-state index in [4.69, 9.17) is 9.15 Å². The Labute approximate surface area is 157 Å². The van der Waals surface area contributed by atoms with Crippen LogP contribution in [0.2, 0.25) is 0 Å². The summed E-state index contributed by atoms with van der Waals surface area (Å²) < 4.78 is 10.7. The minimum Gasteiger partial charge on any atom is -0.483 e. The zero-order chi connectivity index (χ0) is 19.1. The SMILES string of the molecule is Cc1ccccc1OCC(=O)Nc1cccc(C(=O)NCc2ccco2)c1. The normalized spacial score (nSPS) is 10.3. The van der Waals surface area contributed by atoms with Gasteiger partial charge < -0.3 is 19.8 Å². The van der Waals surface area contributed by atoms with E-state index in [-0.39, 0.29) is 18.4 Å². The Morgan fingerprint density at radius 1 is 1.04 bits per heavy atom. The van der Waals surface area contributed by atoms with Crippen LogP contribution in [0.3, 0.4) is 0 Å². The number of benzene rings is 2. The maximum Gasteiger partial charge on any atom is 0.262 e. The topological polar surface area (TPSA) is 80.6 Å². The maximum absolute atomic E-state index is 12.2. The molecule has 6 heteroatoms. The van der Waals surface area contributed by atoms with Crippen LogP contribution in [-0.4, -0.2) is 18.4 Å². The molecular formula is C21H20N2O4. The summed E-state index contributed by atoms with van der Waals surface area (Å²) in [6, 6.07) is 17.7. The molecule has 0 saturated heterocycles. The third kappa shape index (κ3) is 5.22. The second-order valence-corrected chi connectivity index (χ2v) is 5.95. The molecular weight excluding hydrogens is 344 g/mol. The van der Waals surface area contributed by atoms with Crippen molar-refractivity contribution in [2.24, 2.45) is 0 Å². The minimum atomic E-state index is -0.300. The molecule has 0 saturated carbocycles. The first kappa shape index (κ1) is 18.3. The molecule has 0 bridgehead atoms. The van der Waals surface area contributed by atoms with Gasteiger partial charge in [-0.1, -0.05) is 24.3 Å². The average molecular weight is 364 g/mol. The summed E-state index contributed by atoms with van der Waals surface area (Å²) in [5.41, 5.74) is 1.93. The van der Waals surface area contributed by atoms with Crippen LogP contribution in [-0.2, 0) is 11.3 Å². The van der Waals surface area contributed by atoms with E-state index in [9.17, 15) is 9.59 Å². The van der Waals surface area contributed by atoms with Gasteiger partial charge in [-0.05, 0) is 48.9 Å². The van der Waals surface area contributed by atoms with Crippen LogP contribution in [0.15, 0.2) is 71.3 Å². The first-order valence-corrected chi connectivity index (χ1v) is 8.51. The summed E-state index contributed by atoms with van der Waals surface area (Å²) in [5.74, 6) is 0.782. The van der Waals surface area contributed by atoms with Gasteiger partial charge in [-0.25, -0.2) is 0 Å². The number of hydrogen-bond donors (Lipinski definition) is 2. The van der Waals surface area contributed by atoms with E-state index in [2.05, 4.69) is 10.6 Å². The highest BCUT2D eigenvalue weighted by molar-refractivity contribution is 5.97. The molecule has 1 heterocycles. The third-order valence-electron chi connectivity index (χ3n) is 3.86. The number of ether oxygens (including phenoxy) is 1. The Balaban J connectivity index is 1.54.